The van der Waals surface area contributed by atoms with E-state index in [0.717, 1.165) is 4.31 Å². The predicted octanol–water partition coefficient (Wildman–Crippen LogP) is 3.59. The summed E-state index contributed by atoms with van der Waals surface area (Å²) >= 11 is 6.00. The summed E-state index contributed by atoms with van der Waals surface area (Å²) in [5.41, 5.74) is 3.28. The minimum atomic E-state index is -3.99. The molecular weight excluding hydrogens is 414 g/mol. The van der Waals surface area contributed by atoms with Crippen LogP contribution in [0.1, 0.15) is 11.3 Å². The number of hydrogen-bond acceptors (Lipinski definition) is 5. The van der Waals surface area contributed by atoms with Crippen molar-refractivity contribution in [3.8, 4) is 0 Å². The van der Waals surface area contributed by atoms with Crippen LogP contribution in [0.3, 0.4) is 0 Å². The molecule has 2 aromatic carbocycles. The van der Waals surface area contributed by atoms with Gasteiger partial charge in [0.15, 0.2) is 0 Å². The number of hydrazone groups is 1. The van der Waals surface area contributed by atoms with Gasteiger partial charge in [-0.25, -0.2) is 13.8 Å². The number of anilines is 1. The van der Waals surface area contributed by atoms with Gasteiger partial charge in [-0.1, -0.05) is 29.8 Å². The molecular formula is C20H18ClN3O4S. The van der Waals surface area contributed by atoms with Crippen LogP contribution in [0.5, 0.6) is 0 Å². The monoisotopic (exact) mass is 431 g/mol. The highest BCUT2D eigenvalue weighted by Crippen LogP contribution is 2.28. The molecule has 7 nitrogen and oxygen atoms in total. The molecule has 1 heterocycles. The van der Waals surface area contributed by atoms with Crippen molar-refractivity contribution in [3.05, 3.63) is 83.3 Å². The number of benzene rings is 2. The maximum atomic E-state index is 13.2. The van der Waals surface area contributed by atoms with Crippen molar-refractivity contribution in [1.29, 1.82) is 0 Å². The smallest absolute Gasteiger partial charge is 0.264 e. The molecule has 1 amide bonds. The molecule has 3 aromatic rings. The summed E-state index contributed by atoms with van der Waals surface area (Å²) in [5.74, 6) is -0.158. The van der Waals surface area contributed by atoms with Crippen molar-refractivity contribution in [2.45, 2.75) is 11.8 Å². The van der Waals surface area contributed by atoms with Gasteiger partial charge in [0, 0.05) is 5.02 Å². The Bertz CT molecular complexity index is 1110. The molecule has 0 atom stereocenters. The summed E-state index contributed by atoms with van der Waals surface area (Å²) in [6.07, 6.45) is 2.79. The Morgan fingerprint density at radius 3 is 2.59 bits per heavy atom. The Morgan fingerprint density at radius 1 is 1.17 bits per heavy atom. The van der Waals surface area contributed by atoms with Crippen LogP contribution in [0.25, 0.3) is 0 Å². The molecule has 0 fully saturated rings. The molecule has 0 radical (unpaired) electrons. The van der Waals surface area contributed by atoms with E-state index in [9.17, 15) is 13.2 Å². The van der Waals surface area contributed by atoms with Gasteiger partial charge in [0.25, 0.3) is 15.9 Å². The lowest BCUT2D eigenvalue weighted by Crippen LogP contribution is -2.40. The number of hydrogen-bond donors (Lipinski definition) is 1. The van der Waals surface area contributed by atoms with Crippen molar-refractivity contribution in [3.63, 3.8) is 0 Å². The first kappa shape index (κ1) is 20.6. The lowest BCUT2D eigenvalue weighted by atomic mass is 10.2. The summed E-state index contributed by atoms with van der Waals surface area (Å²) in [6, 6.07) is 16.0. The number of amides is 1. The Balaban J connectivity index is 1.89. The van der Waals surface area contributed by atoms with Crippen LogP contribution in [-0.4, -0.2) is 27.1 Å². The molecule has 9 heteroatoms. The zero-order chi connectivity index (χ0) is 20.9. The highest BCUT2D eigenvalue weighted by molar-refractivity contribution is 7.92. The lowest BCUT2D eigenvalue weighted by Gasteiger charge is -2.25. The molecule has 0 spiro atoms. The highest BCUT2D eigenvalue weighted by Gasteiger charge is 2.28. The second-order valence-corrected chi connectivity index (χ2v) is 8.36. The van der Waals surface area contributed by atoms with Crippen LogP contribution >= 0.6 is 11.6 Å². The van der Waals surface area contributed by atoms with E-state index in [4.69, 9.17) is 16.0 Å². The zero-order valence-corrected chi connectivity index (χ0v) is 17.0. The standard InChI is InChI=1S/C20H18ClN3O4S/c1-15-12-16(21)9-10-19(15)24(29(26,27)18-7-3-2-4-8-18)14-20(25)23-22-13-17-6-5-11-28-17/h2-13H,14H2,1H3,(H,23,25)/b22-13-. The Kier molecular flexibility index (Phi) is 6.36. The minimum absolute atomic E-state index is 0.0706. The first-order valence-corrected chi connectivity index (χ1v) is 10.4. The van der Waals surface area contributed by atoms with Crippen LogP contribution in [0.2, 0.25) is 5.02 Å². The van der Waals surface area contributed by atoms with E-state index in [2.05, 4.69) is 10.5 Å². The Morgan fingerprint density at radius 2 is 1.93 bits per heavy atom. The van der Waals surface area contributed by atoms with Gasteiger partial charge in [-0.3, -0.25) is 9.10 Å². The fourth-order valence-corrected chi connectivity index (χ4v) is 4.35. The highest BCUT2D eigenvalue weighted by atomic mass is 35.5. The SMILES string of the molecule is Cc1cc(Cl)ccc1N(CC(=O)N/N=C\c1ccco1)S(=O)(=O)c1ccccc1. The second kappa shape index (κ2) is 8.93. The molecule has 29 heavy (non-hydrogen) atoms. The molecule has 1 aromatic heterocycles. The van der Waals surface area contributed by atoms with E-state index in [1.165, 1.54) is 24.6 Å². The number of halogens is 1. The number of furan rings is 1. The van der Waals surface area contributed by atoms with Crippen molar-refractivity contribution in [1.82, 2.24) is 5.43 Å². The summed E-state index contributed by atoms with van der Waals surface area (Å²) < 4.78 is 32.6. The van der Waals surface area contributed by atoms with E-state index >= 15 is 0 Å². The lowest BCUT2D eigenvalue weighted by molar-refractivity contribution is -0.119. The molecule has 0 aliphatic carbocycles. The molecule has 150 valence electrons. The van der Waals surface area contributed by atoms with Gasteiger partial charge >= 0.3 is 0 Å². The van der Waals surface area contributed by atoms with Gasteiger partial charge in [0.05, 0.1) is 23.1 Å². The fraction of sp³-hybridized carbons (Fsp3) is 0.100. The second-order valence-electron chi connectivity index (χ2n) is 6.06. The average molecular weight is 432 g/mol. The number of carbonyl (C=O) groups excluding carboxylic acids is 1. The van der Waals surface area contributed by atoms with Crippen LogP contribution < -0.4 is 9.73 Å². The number of carbonyl (C=O) groups is 1. The third kappa shape index (κ3) is 5.04. The summed E-state index contributed by atoms with van der Waals surface area (Å²) in [5, 5.41) is 4.26. The third-order valence-corrected chi connectivity index (χ3v) is 5.98. The molecule has 0 saturated heterocycles. The van der Waals surface area contributed by atoms with Crippen LogP contribution in [0.15, 0.2) is 81.3 Å². The van der Waals surface area contributed by atoms with E-state index in [1.807, 2.05) is 0 Å². The van der Waals surface area contributed by atoms with Gasteiger partial charge in [-0.05, 0) is 55.0 Å². The normalized spacial score (nSPS) is 11.5. The van der Waals surface area contributed by atoms with E-state index in [-0.39, 0.29) is 4.90 Å². The summed E-state index contributed by atoms with van der Waals surface area (Å²) in [6.45, 7) is 1.26. The van der Waals surface area contributed by atoms with E-state index in [1.54, 1.807) is 55.5 Å². The number of sulfonamides is 1. The largest absolute Gasteiger partial charge is 0.463 e. The number of nitrogens with one attached hydrogen (secondary N) is 1. The molecule has 0 aliphatic heterocycles. The predicted molar refractivity (Wildman–Crippen MR) is 112 cm³/mol. The van der Waals surface area contributed by atoms with Crippen molar-refractivity contribution in [2.24, 2.45) is 5.10 Å². The fourth-order valence-electron chi connectivity index (χ4n) is 2.62. The first-order chi connectivity index (χ1) is 13.9. The van der Waals surface area contributed by atoms with Crippen LogP contribution in [0.4, 0.5) is 5.69 Å². The first-order valence-electron chi connectivity index (χ1n) is 8.57. The zero-order valence-electron chi connectivity index (χ0n) is 15.4. The van der Waals surface area contributed by atoms with E-state index in [0.29, 0.717) is 22.0 Å². The quantitative estimate of drug-likeness (QED) is 0.457. The molecule has 1 N–H and O–H groups in total. The van der Waals surface area contributed by atoms with Gasteiger partial charge in [0.1, 0.15) is 12.3 Å². The minimum Gasteiger partial charge on any atom is -0.463 e. The van der Waals surface area contributed by atoms with Gasteiger partial charge in [0.2, 0.25) is 0 Å². The van der Waals surface area contributed by atoms with Gasteiger partial charge in [-0.2, -0.15) is 5.10 Å². The van der Waals surface area contributed by atoms with Gasteiger partial charge < -0.3 is 4.42 Å². The molecule has 0 bridgehead atoms. The Labute approximate surface area is 173 Å². The van der Waals surface area contributed by atoms with Crippen molar-refractivity contribution < 1.29 is 17.6 Å². The maximum absolute atomic E-state index is 13.2. The number of aryl methyl sites for hydroxylation is 1. The summed E-state index contributed by atoms with van der Waals surface area (Å²) in [4.78, 5) is 12.5. The molecule has 0 aliphatic rings. The maximum Gasteiger partial charge on any atom is 0.264 e. The number of nitrogens with zero attached hydrogens (tertiary/aromatic N) is 2. The van der Waals surface area contributed by atoms with Crippen LogP contribution in [-0.2, 0) is 14.8 Å². The van der Waals surface area contributed by atoms with Crippen molar-refractivity contribution >= 4 is 39.4 Å². The van der Waals surface area contributed by atoms with Crippen LogP contribution in [0, 0.1) is 6.92 Å². The van der Waals surface area contributed by atoms with Crippen molar-refractivity contribution in [2.75, 3.05) is 10.8 Å². The Hall–Kier alpha value is -3.10. The van der Waals surface area contributed by atoms with E-state index < -0.39 is 22.5 Å². The topological polar surface area (TPSA) is 92.0 Å². The molecule has 0 unspecified atom stereocenters. The molecule has 0 saturated carbocycles. The van der Waals surface area contributed by atoms with Gasteiger partial charge in [-0.15, -0.1) is 0 Å². The molecule has 3 rings (SSSR count). The number of rotatable bonds is 7. The summed E-state index contributed by atoms with van der Waals surface area (Å²) in [7, 11) is -3.99. The average Bonchev–Trinajstić information content (AvgIpc) is 3.21. The third-order valence-electron chi connectivity index (χ3n) is 3.97.